The van der Waals surface area contributed by atoms with Gasteiger partial charge in [-0.2, -0.15) is 0 Å². The molecule has 1 fully saturated rings. The minimum atomic E-state index is 0.644. The molecule has 0 radical (unpaired) electrons. The quantitative estimate of drug-likeness (QED) is 0.846. The van der Waals surface area contributed by atoms with E-state index in [9.17, 15) is 0 Å². The summed E-state index contributed by atoms with van der Waals surface area (Å²) in [6.07, 6.45) is 3.80. The number of benzene rings is 1. The summed E-state index contributed by atoms with van der Waals surface area (Å²) in [5.41, 5.74) is 8.47. The van der Waals surface area contributed by atoms with E-state index in [1.54, 1.807) is 0 Å². The number of nitrogens with zero attached hydrogens (tertiary/aromatic N) is 2. The highest BCUT2D eigenvalue weighted by molar-refractivity contribution is 5.27. The Morgan fingerprint density at radius 1 is 1.32 bits per heavy atom. The van der Waals surface area contributed by atoms with E-state index in [1.165, 1.54) is 37.1 Å². The summed E-state index contributed by atoms with van der Waals surface area (Å²) in [6.45, 7) is 4.20. The number of rotatable bonds is 6. The van der Waals surface area contributed by atoms with Crippen molar-refractivity contribution >= 4 is 0 Å². The van der Waals surface area contributed by atoms with Crippen molar-refractivity contribution in [1.82, 2.24) is 9.80 Å². The molecule has 1 atom stereocenters. The lowest BCUT2D eigenvalue weighted by atomic mass is 10.0. The number of nitrogens with two attached hydrogens (primary N) is 1. The van der Waals surface area contributed by atoms with Crippen LogP contribution in [0.3, 0.4) is 0 Å². The fourth-order valence-corrected chi connectivity index (χ4v) is 2.97. The fraction of sp³-hybridized carbons (Fsp3) is 0.625. The first kappa shape index (κ1) is 14.5. The van der Waals surface area contributed by atoms with Gasteiger partial charge in [-0.05, 0) is 51.0 Å². The number of likely N-dealkylation sites (tertiary alicyclic amines) is 1. The van der Waals surface area contributed by atoms with Crippen LogP contribution in [-0.2, 0) is 13.0 Å². The van der Waals surface area contributed by atoms with Crippen LogP contribution in [0.25, 0.3) is 0 Å². The minimum absolute atomic E-state index is 0.644. The molecular formula is C16H27N3. The summed E-state index contributed by atoms with van der Waals surface area (Å²) in [5, 5.41) is 0. The van der Waals surface area contributed by atoms with Gasteiger partial charge in [-0.3, -0.25) is 0 Å². The van der Waals surface area contributed by atoms with Crippen LogP contribution in [0.2, 0.25) is 0 Å². The minimum Gasteiger partial charge on any atom is -0.326 e. The average Bonchev–Trinajstić information content (AvgIpc) is 2.82. The number of likely N-dealkylation sites (N-methyl/N-ethyl adjacent to an activating group) is 2. The van der Waals surface area contributed by atoms with Crippen LogP contribution in [0, 0.1) is 0 Å². The van der Waals surface area contributed by atoms with Gasteiger partial charge >= 0.3 is 0 Å². The second kappa shape index (κ2) is 7.04. The molecule has 3 heteroatoms. The summed E-state index contributed by atoms with van der Waals surface area (Å²) in [7, 11) is 4.48. The molecule has 2 N–H and O–H groups in total. The van der Waals surface area contributed by atoms with Crippen molar-refractivity contribution in [3.05, 3.63) is 35.4 Å². The van der Waals surface area contributed by atoms with E-state index in [2.05, 4.69) is 48.2 Å². The van der Waals surface area contributed by atoms with Crippen LogP contribution in [0.5, 0.6) is 0 Å². The molecule has 1 aromatic carbocycles. The van der Waals surface area contributed by atoms with E-state index in [0.717, 1.165) is 19.0 Å². The highest BCUT2D eigenvalue weighted by Crippen LogP contribution is 2.16. The molecule has 0 amide bonds. The van der Waals surface area contributed by atoms with Gasteiger partial charge in [-0.25, -0.2) is 0 Å². The molecule has 19 heavy (non-hydrogen) atoms. The topological polar surface area (TPSA) is 32.5 Å². The maximum absolute atomic E-state index is 5.79. The van der Waals surface area contributed by atoms with Gasteiger partial charge in [0.25, 0.3) is 0 Å². The largest absolute Gasteiger partial charge is 0.326 e. The molecule has 0 saturated carbocycles. The maximum atomic E-state index is 5.79. The first-order valence-electron chi connectivity index (χ1n) is 7.36. The van der Waals surface area contributed by atoms with Crippen molar-refractivity contribution in [2.24, 2.45) is 5.73 Å². The average molecular weight is 261 g/mol. The highest BCUT2D eigenvalue weighted by Gasteiger charge is 2.21. The Hall–Kier alpha value is -0.900. The summed E-state index contributed by atoms with van der Waals surface area (Å²) in [5.74, 6) is 0. The number of hydrogen-bond acceptors (Lipinski definition) is 3. The van der Waals surface area contributed by atoms with Crippen molar-refractivity contribution in [3.8, 4) is 0 Å². The van der Waals surface area contributed by atoms with Crippen molar-refractivity contribution in [3.63, 3.8) is 0 Å². The van der Waals surface area contributed by atoms with Gasteiger partial charge in [0.2, 0.25) is 0 Å². The second-order valence-electron chi connectivity index (χ2n) is 5.76. The van der Waals surface area contributed by atoms with E-state index < -0.39 is 0 Å². The summed E-state index contributed by atoms with van der Waals surface area (Å²) >= 11 is 0. The fourth-order valence-electron chi connectivity index (χ4n) is 2.97. The Kier molecular flexibility index (Phi) is 5.37. The third-order valence-electron chi connectivity index (χ3n) is 4.30. The van der Waals surface area contributed by atoms with E-state index in [0.29, 0.717) is 6.54 Å². The zero-order valence-corrected chi connectivity index (χ0v) is 12.3. The molecule has 0 aliphatic carbocycles. The van der Waals surface area contributed by atoms with E-state index >= 15 is 0 Å². The Morgan fingerprint density at radius 3 is 2.68 bits per heavy atom. The molecule has 1 unspecified atom stereocenters. The Morgan fingerprint density at radius 2 is 2.05 bits per heavy atom. The van der Waals surface area contributed by atoms with Crippen molar-refractivity contribution in [1.29, 1.82) is 0 Å². The van der Waals surface area contributed by atoms with Crippen LogP contribution in [0.1, 0.15) is 24.0 Å². The summed E-state index contributed by atoms with van der Waals surface area (Å²) < 4.78 is 0. The molecule has 1 saturated heterocycles. The second-order valence-corrected chi connectivity index (χ2v) is 5.76. The molecule has 1 heterocycles. The van der Waals surface area contributed by atoms with Gasteiger partial charge in [0.15, 0.2) is 0 Å². The molecule has 1 aliphatic rings. The molecule has 3 nitrogen and oxygen atoms in total. The molecular weight excluding hydrogens is 234 g/mol. The molecule has 2 rings (SSSR count). The zero-order chi connectivity index (χ0) is 13.7. The maximum Gasteiger partial charge on any atom is 0.0220 e. The van der Waals surface area contributed by atoms with Gasteiger partial charge in [0, 0.05) is 25.7 Å². The van der Waals surface area contributed by atoms with Gasteiger partial charge in [0.05, 0.1) is 0 Å². The first-order chi connectivity index (χ1) is 9.20. The highest BCUT2D eigenvalue weighted by atomic mass is 15.2. The van der Waals surface area contributed by atoms with E-state index in [4.69, 9.17) is 5.73 Å². The summed E-state index contributed by atoms with van der Waals surface area (Å²) in [6, 6.07) is 9.27. The van der Waals surface area contributed by atoms with Gasteiger partial charge < -0.3 is 15.5 Å². The van der Waals surface area contributed by atoms with Crippen LogP contribution in [-0.4, -0.2) is 49.6 Å². The summed E-state index contributed by atoms with van der Waals surface area (Å²) in [4.78, 5) is 4.95. The van der Waals surface area contributed by atoms with Crippen LogP contribution in [0.15, 0.2) is 24.3 Å². The number of hydrogen-bond donors (Lipinski definition) is 1. The predicted molar refractivity (Wildman–Crippen MR) is 81.2 cm³/mol. The molecule has 106 valence electrons. The van der Waals surface area contributed by atoms with E-state index in [-0.39, 0.29) is 0 Å². The Bertz CT molecular complexity index is 391. The lowest BCUT2D eigenvalue weighted by Gasteiger charge is -2.26. The van der Waals surface area contributed by atoms with Gasteiger partial charge in [-0.1, -0.05) is 24.3 Å². The molecule has 1 aromatic rings. The molecule has 1 aliphatic heterocycles. The zero-order valence-electron chi connectivity index (χ0n) is 12.3. The SMILES string of the molecule is CN(CCc1ccccc1CN)CC1CCCN1C. The van der Waals surface area contributed by atoms with Crippen molar-refractivity contribution in [2.75, 3.05) is 33.7 Å². The van der Waals surface area contributed by atoms with Crippen molar-refractivity contribution < 1.29 is 0 Å². The van der Waals surface area contributed by atoms with Gasteiger partial charge in [-0.15, -0.1) is 0 Å². The lowest BCUT2D eigenvalue weighted by Crippen LogP contribution is -2.37. The van der Waals surface area contributed by atoms with Crippen LogP contribution in [0.4, 0.5) is 0 Å². The van der Waals surface area contributed by atoms with Crippen molar-refractivity contribution in [2.45, 2.75) is 31.8 Å². The van der Waals surface area contributed by atoms with E-state index in [1.807, 2.05) is 0 Å². The lowest BCUT2D eigenvalue weighted by molar-refractivity contribution is 0.221. The molecule has 0 spiro atoms. The molecule has 0 bridgehead atoms. The third-order valence-corrected chi connectivity index (χ3v) is 4.30. The normalized spacial score (nSPS) is 20.3. The Labute approximate surface area is 117 Å². The first-order valence-corrected chi connectivity index (χ1v) is 7.36. The van der Waals surface area contributed by atoms with Crippen LogP contribution < -0.4 is 5.73 Å². The predicted octanol–water partition coefficient (Wildman–Crippen LogP) is 1.71. The molecule has 0 aromatic heterocycles. The standard InChI is InChI=1S/C16H27N3/c1-18(13-16-8-5-10-19(16)2)11-9-14-6-3-4-7-15(14)12-17/h3-4,6-7,16H,5,8-13,17H2,1-2H3. The van der Waals surface area contributed by atoms with Crippen LogP contribution >= 0.6 is 0 Å². The Balaban J connectivity index is 1.81. The smallest absolute Gasteiger partial charge is 0.0220 e. The third kappa shape index (κ3) is 4.03. The van der Waals surface area contributed by atoms with Gasteiger partial charge in [0.1, 0.15) is 0 Å². The monoisotopic (exact) mass is 261 g/mol.